The predicted molar refractivity (Wildman–Crippen MR) is 117 cm³/mol. The van der Waals surface area contributed by atoms with Gasteiger partial charge in [0.2, 0.25) is 11.8 Å². The van der Waals surface area contributed by atoms with Crippen LogP contribution in [-0.2, 0) is 16.1 Å². The standard InChI is InChI=1S/C22H25BrN4O2/c23-18-5-4-6-19(12-18)27-15-17(11-21(27)28)22(29)25-14-16-7-8-20(24-13-16)26-9-2-1-3-10-26/h4-8,12-13,17H,1-3,9-11,14-15H2,(H,25,29). The molecule has 4 rings (SSSR count). The molecule has 2 saturated heterocycles. The molecule has 1 N–H and O–H groups in total. The van der Waals surface area contributed by atoms with Crippen molar-refractivity contribution in [2.24, 2.45) is 5.92 Å². The van der Waals surface area contributed by atoms with E-state index in [1.807, 2.05) is 42.6 Å². The van der Waals surface area contributed by atoms with Crippen molar-refractivity contribution in [1.29, 1.82) is 0 Å². The highest BCUT2D eigenvalue weighted by atomic mass is 79.9. The Labute approximate surface area is 179 Å². The first-order valence-electron chi connectivity index (χ1n) is 10.1. The third-order valence-corrected chi connectivity index (χ3v) is 6.06. The van der Waals surface area contributed by atoms with E-state index in [0.29, 0.717) is 13.1 Å². The molecule has 0 radical (unpaired) electrons. The van der Waals surface area contributed by atoms with E-state index in [0.717, 1.165) is 34.6 Å². The molecule has 1 unspecified atom stereocenters. The van der Waals surface area contributed by atoms with Gasteiger partial charge in [-0.05, 0) is 49.1 Å². The molecule has 1 aromatic carbocycles. The number of carbonyl (C=O) groups is 2. The maximum Gasteiger partial charge on any atom is 0.227 e. The maximum absolute atomic E-state index is 12.6. The number of benzene rings is 1. The fourth-order valence-corrected chi connectivity index (χ4v) is 4.33. The minimum Gasteiger partial charge on any atom is -0.357 e. The van der Waals surface area contributed by atoms with Gasteiger partial charge in [0, 0.05) is 49.0 Å². The molecule has 7 heteroatoms. The smallest absolute Gasteiger partial charge is 0.227 e. The van der Waals surface area contributed by atoms with Crippen LogP contribution in [-0.4, -0.2) is 36.4 Å². The fourth-order valence-electron chi connectivity index (χ4n) is 3.94. The van der Waals surface area contributed by atoms with Gasteiger partial charge in [0.1, 0.15) is 5.82 Å². The molecular formula is C22H25BrN4O2. The lowest BCUT2D eigenvalue weighted by Crippen LogP contribution is -2.32. The fraction of sp³-hybridized carbons (Fsp3) is 0.409. The highest BCUT2D eigenvalue weighted by Gasteiger charge is 2.35. The largest absolute Gasteiger partial charge is 0.357 e. The van der Waals surface area contributed by atoms with Gasteiger partial charge in [-0.25, -0.2) is 4.98 Å². The maximum atomic E-state index is 12.6. The molecule has 6 nitrogen and oxygen atoms in total. The minimum atomic E-state index is -0.331. The summed E-state index contributed by atoms with van der Waals surface area (Å²) in [5.74, 6) is 0.569. The number of aromatic nitrogens is 1. The third-order valence-electron chi connectivity index (χ3n) is 5.57. The molecule has 0 aliphatic carbocycles. The van der Waals surface area contributed by atoms with Crippen LogP contribution in [0.5, 0.6) is 0 Å². The predicted octanol–water partition coefficient (Wildman–Crippen LogP) is 3.50. The summed E-state index contributed by atoms with van der Waals surface area (Å²) in [6.45, 7) is 2.96. The summed E-state index contributed by atoms with van der Waals surface area (Å²) in [6, 6.07) is 11.6. The second-order valence-electron chi connectivity index (χ2n) is 7.68. The zero-order valence-electron chi connectivity index (χ0n) is 16.3. The Bertz CT molecular complexity index is 881. The van der Waals surface area contributed by atoms with Crippen molar-refractivity contribution >= 4 is 39.2 Å². The molecule has 3 heterocycles. The molecule has 1 atom stereocenters. The van der Waals surface area contributed by atoms with Crippen molar-refractivity contribution in [2.45, 2.75) is 32.2 Å². The molecule has 152 valence electrons. The van der Waals surface area contributed by atoms with Crippen molar-refractivity contribution in [3.8, 4) is 0 Å². The number of hydrogen-bond acceptors (Lipinski definition) is 4. The van der Waals surface area contributed by atoms with Crippen LogP contribution in [0.2, 0.25) is 0 Å². The van der Waals surface area contributed by atoms with Crippen LogP contribution >= 0.6 is 15.9 Å². The highest BCUT2D eigenvalue weighted by molar-refractivity contribution is 9.10. The number of carbonyl (C=O) groups excluding carboxylic acids is 2. The molecule has 2 fully saturated rings. The first-order valence-corrected chi connectivity index (χ1v) is 10.9. The first kappa shape index (κ1) is 19.9. The summed E-state index contributed by atoms with van der Waals surface area (Å²) in [5, 5.41) is 2.96. The molecule has 2 aromatic rings. The van der Waals surface area contributed by atoms with Crippen LogP contribution in [0.1, 0.15) is 31.2 Å². The van der Waals surface area contributed by atoms with Gasteiger partial charge in [-0.2, -0.15) is 0 Å². The number of anilines is 2. The van der Waals surface area contributed by atoms with E-state index < -0.39 is 0 Å². The van der Waals surface area contributed by atoms with Crippen LogP contribution < -0.4 is 15.1 Å². The third kappa shape index (κ3) is 4.78. The SMILES string of the molecule is O=C(NCc1ccc(N2CCCCC2)nc1)C1CC(=O)N(c2cccc(Br)c2)C1. The minimum absolute atomic E-state index is 0.0178. The second-order valence-corrected chi connectivity index (χ2v) is 8.59. The number of nitrogens with zero attached hydrogens (tertiary/aromatic N) is 3. The molecule has 0 saturated carbocycles. The molecule has 2 amide bonds. The van der Waals surface area contributed by atoms with E-state index >= 15 is 0 Å². The number of piperidine rings is 1. The van der Waals surface area contributed by atoms with Crippen LogP contribution in [0.25, 0.3) is 0 Å². The van der Waals surface area contributed by atoms with Crippen LogP contribution in [0, 0.1) is 5.92 Å². The highest BCUT2D eigenvalue weighted by Crippen LogP contribution is 2.27. The van der Waals surface area contributed by atoms with E-state index in [1.54, 1.807) is 4.90 Å². The lowest BCUT2D eigenvalue weighted by atomic mass is 10.1. The molecular weight excluding hydrogens is 432 g/mol. The van der Waals surface area contributed by atoms with Crippen LogP contribution in [0.3, 0.4) is 0 Å². The number of rotatable bonds is 5. The van der Waals surface area contributed by atoms with Crippen molar-refractivity contribution < 1.29 is 9.59 Å². The average Bonchev–Trinajstić information content (AvgIpc) is 3.15. The molecule has 0 spiro atoms. The van der Waals surface area contributed by atoms with Gasteiger partial charge in [0.05, 0.1) is 5.92 Å². The Morgan fingerprint density at radius 3 is 2.72 bits per heavy atom. The van der Waals surface area contributed by atoms with Crippen molar-refractivity contribution in [2.75, 3.05) is 29.4 Å². The van der Waals surface area contributed by atoms with Crippen molar-refractivity contribution in [3.05, 3.63) is 52.6 Å². The number of halogens is 1. The van der Waals surface area contributed by atoms with Crippen molar-refractivity contribution in [1.82, 2.24) is 10.3 Å². The van der Waals surface area contributed by atoms with Gasteiger partial charge in [-0.1, -0.05) is 28.1 Å². The number of hydrogen-bond donors (Lipinski definition) is 1. The summed E-state index contributed by atoms with van der Waals surface area (Å²) < 4.78 is 0.913. The van der Waals surface area contributed by atoms with Gasteiger partial charge in [0.25, 0.3) is 0 Å². The summed E-state index contributed by atoms with van der Waals surface area (Å²) in [4.78, 5) is 33.5. The van der Waals surface area contributed by atoms with Gasteiger partial charge >= 0.3 is 0 Å². The first-order chi connectivity index (χ1) is 14.1. The Hall–Kier alpha value is -2.41. The summed E-state index contributed by atoms with van der Waals surface area (Å²) in [7, 11) is 0. The van der Waals surface area contributed by atoms with Gasteiger partial charge in [-0.15, -0.1) is 0 Å². The summed E-state index contributed by atoms with van der Waals surface area (Å²) >= 11 is 3.43. The Morgan fingerprint density at radius 2 is 2.00 bits per heavy atom. The lowest BCUT2D eigenvalue weighted by molar-refractivity contribution is -0.126. The normalized spacial score (nSPS) is 19.5. The molecule has 2 aliphatic rings. The number of pyridine rings is 1. The van der Waals surface area contributed by atoms with Gasteiger partial charge in [0.15, 0.2) is 0 Å². The zero-order chi connectivity index (χ0) is 20.2. The van der Waals surface area contributed by atoms with Crippen LogP contribution in [0.15, 0.2) is 47.1 Å². The van der Waals surface area contributed by atoms with E-state index in [4.69, 9.17) is 0 Å². The topological polar surface area (TPSA) is 65.5 Å². The Balaban J connectivity index is 1.31. The molecule has 2 aliphatic heterocycles. The van der Waals surface area contributed by atoms with Crippen LogP contribution in [0.4, 0.5) is 11.5 Å². The zero-order valence-corrected chi connectivity index (χ0v) is 17.9. The van der Waals surface area contributed by atoms with E-state index in [-0.39, 0.29) is 24.2 Å². The lowest BCUT2D eigenvalue weighted by Gasteiger charge is -2.27. The Morgan fingerprint density at radius 1 is 1.17 bits per heavy atom. The van der Waals surface area contributed by atoms with E-state index in [9.17, 15) is 9.59 Å². The number of amides is 2. The van der Waals surface area contributed by atoms with Crippen molar-refractivity contribution in [3.63, 3.8) is 0 Å². The van der Waals surface area contributed by atoms with Gasteiger partial charge < -0.3 is 15.1 Å². The summed E-state index contributed by atoms with van der Waals surface area (Å²) in [6.07, 6.45) is 5.80. The van der Waals surface area contributed by atoms with E-state index in [1.165, 1.54) is 19.3 Å². The number of nitrogens with one attached hydrogen (secondary N) is 1. The molecule has 29 heavy (non-hydrogen) atoms. The molecule has 0 bridgehead atoms. The van der Waals surface area contributed by atoms with E-state index in [2.05, 4.69) is 31.1 Å². The Kier molecular flexibility index (Phi) is 6.13. The van der Waals surface area contributed by atoms with Gasteiger partial charge in [-0.3, -0.25) is 9.59 Å². The quantitative estimate of drug-likeness (QED) is 0.747. The second kappa shape index (κ2) is 8.95. The monoisotopic (exact) mass is 456 g/mol. The average molecular weight is 457 g/mol. The molecule has 1 aromatic heterocycles. The summed E-state index contributed by atoms with van der Waals surface area (Å²) in [5.41, 5.74) is 1.78.